The van der Waals surface area contributed by atoms with Crippen molar-refractivity contribution in [2.75, 3.05) is 0 Å². The number of allylic oxidation sites excluding steroid dienone is 5. The highest BCUT2D eigenvalue weighted by Gasteiger charge is 2.34. The third kappa shape index (κ3) is 2.54. The zero-order chi connectivity index (χ0) is 16.8. The Morgan fingerprint density at radius 2 is 2.00 bits per heavy atom. The Hall–Kier alpha value is -1.16. The number of fused-ring (bicyclic) bond motifs is 1. The summed E-state index contributed by atoms with van der Waals surface area (Å²) in [5.41, 5.74) is 7.42. The average molecular weight is 413 g/mol. The molecule has 4 rings (SSSR count). The Morgan fingerprint density at radius 3 is 2.71 bits per heavy atom. The van der Waals surface area contributed by atoms with E-state index in [1.165, 1.54) is 31.6 Å². The van der Waals surface area contributed by atoms with Crippen molar-refractivity contribution in [2.45, 2.75) is 32.4 Å². The van der Waals surface area contributed by atoms with Gasteiger partial charge in [-0.25, -0.2) is 0 Å². The van der Waals surface area contributed by atoms with Gasteiger partial charge in [-0.3, -0.25) is 0 Å². The van der Waals surface area contributed by atoms with Gasteiger partial charge >= 0.3 is 0 Å². The van der Waals surface area contributed by atoms with Crippen molar-refractivity contribution in [2.24, 2.45) is 0 Å². The summed E-state index contributed by atoms with van der Waals surface area (Å²) in [5.74, 6) is 0.429. The first-order chi connectivity index (χ1) is 11.6. The molecule has 24 heavy (non-hydrogen) atoms. The van der Waals surface area contributed by atoms with E-state index in [1.807, 2.05) is 11.3 Å². The molecule has 0 bridgehead atoms. The van der Waals surface area contributed by atoms with Gasteiger partial charge in [0.15, 0.2) is 0 Å². The second-order valence-corrected chi connectivity index (χ2v) is 11.8. The molecule has 0 fully saturated rings. The highest BCUT2D eigenvalue weighted by molar-refractivity contribution is 9.10. The molecule has 2 aliphatic rings. The van der Waals surface area contributed by atoms with Crippen LogP contribution in [0.15, 0.2) is 62.6 Å². The van der Waals surface area contributed by atoms with Crippen LogP contribution in [-0.4, -0.2) is 8.80 Å². The van der Waals surface area contributed by atoms with Crippen molar-refractivity contribution in [1.82, 2.24) is 0 Å². The van der Waals surface area contributed by atoms with E-state index in [0.29, 0.717) is 5.92 Å². The number of benzene rings is 1. The topological polar surface area (TPSA) is 0 Å². The first-order valence-electron chi connectivity index (χ1n) is 8.52. The summed E-state index contributed by atoms with van der Waals surface area (Å²) < 4.78 is 1.21. The minimum absolute atomic E-state index is 0.429. The quantitative estimate of drug-likeness (QED) is 0.484. The molecule has 0 aliphatic heterocycles. The fourth-order valence-corrected chi connectivity index (χ4v) is 6.87. The Balaban J connectivity index is 1.90. The summed E-state index contributed by atoms with van der Waals surface area (Å²) in [6.07, 6.45) is 6.01. The lowest BCUT2D eigenvalue weighted by Gasteiger charge is -2.23. The molecule has 0 radical (unpaired) electrons. The van der Waals surface area contributed by atoms with E-state index in [4.69, 9.17) is 0 Å². The molecule has 1 aromatic carbocycles. The average Bonchev–Trinajstić information content (AvgIpc) is 3.23. The summed E-state index contributed by atoms with van der Waals surface area (Å²) in [6, 6.07) is 11.1. The summed E-state index contributed by atoms with van der Waals surface area (Å²) in [6.45, 7) is 7.24. The van der Waals surface area contributed by atoms with Gasteiger partial charge in [0.2, 0.25) is 0 Å². The minimum Gasteiger partial charge on any atom is -0.144 e. The molecule has 1 aromatic heterocycles. The molecule has 0 N–H and O–H groups in total. The van der Waals surface area contributed by atoms with Crippen molar-refractivity contribution in [3.05, 3.63) is 78.6 Å². The predicted octanol–water partition coefficient (Wildman–Crippen LogP) is 6.82. The smallest absolute Gasteiger partial charge is 0.0604 e. The van der Waals surface area contributed by atoms with Crippen LogP contribution < -0.4 is 0 Å². The van der Waals surface area contributed by atoms with E-state index < -0.39 is 8.80 Å². The Labute approximate surface area is 158 Å². The van der Waals surface area contributed by atoms with E-state index in [2.05, 4.69) is 83.8 Å². The van der Waals surface area contributed by atoms with Gasteiger partial charge in [0.1, 0.15) is 0 Å². The fourth-order valence-electron chi connectivity index (χ4n) is 4.05. The van der Waals surface area contributed by atoms with Gasteiger partial charge in [-0.2, -0.15) is 0 Å². The summed E-state index contributed by atoms with van der Waals surface area (Å²) >= 11 is 5.61. The highest BCUT2D eigenvalue weighted by atomic mass is 79.9. The zero-order valence-corrected chi connectivity index (χ0v) is 17.8. The van der Waals surface area contributed by atoms with Gasteiger partial charge in [-0.05, 0) is 53.1 Å². The molecule has 2 aromatic rings. The normalized spacial score (nSPS) is 19.8. The van der Waals surface area contributed by atoms with Crippen LogP contribution in [-0.2, 0) is 0 Å². The lowest BCUT2D eigenvalue weighted by atomic mass is 9.85. The summed E-state index contributed by atoms with van der Waals surface area (Å²) in [5, 5.41) is 3.93. The zero-order valence-electron chi connectivity index (χ0n) is 14.3. The maximum absolute atomic E-state index is 3.74. The molecule has 0 amide bonds. The summed E-state index contributed by atoms with van der Waals surface area (Å²) in [7, 11) is -0.841. The second-order valence-electron chi connectivity index (χ2n) is 6.96. The van der Waals surface area contributed by atoms with Gasteiger partial charge in [0, 0.05) is 15.3 Å². The van der Waals surface area contributed by atoms with E-state index >= 15 is 0 Å². The number of halogens is 1. The van der Waals surface area contributed by atoms with Crippen molar-refractivity contribution < 1.29 is 0 Å². The molecule has 0 spiro atoms. The molecule has 2 aliphatic carbocycles. The third-order valence-electron chi connectivity index (χ3n) is 5.16. The largest absolute Gasteiger partial charge is 0.144 e. The van der Waals surface area contributed by atoms with Crippen LogP contribution in [0.25, 0.3) is 11.6 Å². The van der Waals surface area contributed by atoms with Crippen LogP contribution in [0.1, 0.15) is 35.3 Å². The van der Waals surface area contributed by atoms with Crippen LogP contribution in [0.5, 0.6) is 0 Å². The lowest BCUT2D eigenvalue weighted by Crippen LogP contribution is -2.11. The van der Waals surface area contributed by atoms with Crippen molar-refractivity contribution in [3.63, 3.8) is 0 Å². The fraction of sp³-hybridized carbons (Fsp3) is 0.238. The number of thiophene rings is 1. The second kappa shape index (κ2) is 6.29. The summed E-state index contributed by atoms with van der Waals surface area (Å²) in [4.78, 5) is 1.42. The first kappa shape index (κ1) is 16.3. The maximum Gasteiger partial charge on any atom is 0.0604 e. The van der Waals surface area contributed by atoms with Crippen molar-refractivity contribution in [1.29, 1.82) is 0 Å². The molecule has 1 heterocycles. The molecular formula is C21H21BrSSi. The van der Waals surface area contributed by atoms with Crippen LogP contribution >= 0.6 is 27.3 Å². The molecule has 1 unspecified atom stereocenters. The molecule has 0 saturated carbocycles. The lowest BCUT2D eigenvalue weighted by molar-refractivity contribution is 0.976. The van der Waals surface area contributed by atoms with Crippen molar-refractivity contribution >= 4 is 47.7 Å². The Bertz CT molecular complexity index is 885. The van der Waals surface area contributed by atoms with E-state index in [-0.39, 0.29) is 0 Å². The number of hydrogen-bond donors (Lipinski definition) is 0. The van der Waals surface area contributed by atoms with Crippen LogP contribution in [0.3, 0.4) is 0 Å². The molecule has 1 atom stereocenters. The number of rotatable bonds is 3. The molecule has 3 heteroatoms. The first-order valence-corrected chi connectivity index (χ1v) is 13.1. The van der Waals surface area contributed by atoms with E-state index in [1.54, 1.807) is 10.8 Å². The Kier molecular flexibility index (Phi) is 4.27. The van der Waals surface area contributed by atoms with E-state index in [9.17, 15) is 0 Å². The molecular weight excluding hydrogens is 392 g/mol. The maximum atomic E-state index is 3.74. The van der Waals surface area contributed by atoms with E-state index in [0.717, 1.165) is 6.42 Å². The monoisotopic (exact) mass is 412 g/mol. The van der Waals surface area contributed by atoms with Gasteiger partial charge in [-0.1, -0.05) is 70.1 Å². The molecule has 0 nitrogen and oxygen atoms in total. The van der Waals surface area contributed by atoms with Crippen LogP contribution in [0, 0.1) is 0 Å². The Morgan fingerprint density at radius 1 is 1.17 bits per heavy atom. The molecule has 122 valence electrons. The van der Waals surface area contributed by atoms with Crippen LogP contribution in [0.2, 0.25) is 13.1 Å². The van der Waals surface area contributed by atoms with Gasteiger partial charge in [0.05, 0.1) is 8.80 Å². The SMILES string of the molecule is CC1=Cc2c(Br)cccc2C1C1=C([SiH](C)C)CC=C1c1cccs1. The van der Waals surface area contributed by atoms with Crippen molar-refractivity contribution in [3.8, 4) is 0 Å². The highest BCUT2D eigenvalue weighted by Crippen LogP contribution is 2.51. The standard InChI is InChI=1S/C21H21BrSSi/c1-13-12-16-14(6-4-7-17(16)22)20(13)21-15(18-8-5-11-23-18)9-10-19(21)24(2)3/h4-9,11-12,20,24H,10H2,1-3H3. The van der Waals surface area contributed by atoms with Gasteiger partial charge in [-0.15, -0.1) is 11.3 Å². The minimum atomic E-state index is -0.841. The van der Waals surface area contributed by atoms with Crippen LogP contribution in [0.4, 0.5) is 0 Å². The number of hydrogen-bond acceptors (Lipinski definition) is 1. The predicted molar refractivity (Wildman–Crippen MR) is 113 cm³/mol. The van der Waals surface area contributed by atoms with Gasteiger partial charge < -0.3 is 0 Å². The third-order valence-corrected chi connectivity index (χ3v) is 8.69. The van der Waals surface area contributed by atoms with Gasteiger partial charge in [0.25, 0.3) is 0 Å². The molecule has 0 saturated heterocycles.